The zero-order valence-electron chi connectivity index (χ0n) is 21.9. The molecular formula is C19H31N5O15P2S. The minimum Gasteiger partial charge on any atom is -0.394 e. The van der Waals surface area contributed by atoms with Crippen molar-refractivity contribution in [1.29, 1.82) is 0 Å². The van der Waals surface area contributed by atoms with Gasteiger partial charge in [-0.3, -0.25) is 9.09 Å². The molecule has 20 nitrogen and oxygen atoms in total. The van der Waals surface area contributed by atoms with Gasteiger partial charge in [0.25, 0.3) is 0 Å². The van der Waals surface area contributed by atoms with E-state index in [1.807, 2.05) is 0 Å². The number of aliphatic hydroxyl groups excluding tert-OH is 5. The zero-order chi connectivity index (χ0) is 31.0. The molecule has 2 aromatic rings. The maximum atomic E-state index is 12.6. The van der Waals surface area contributed by atoms with Crippen LogP contribution in [0.15, 0.2) is 12.7 Å². The van der Waals surface area contributed by atoms with Gasteiger partial charge in [-0.1, -0.05) is 0 Å². The fraction of sp³-hybridized carbons (Fsp3) is 0.737. The second kappa shape index (κ2) is 13.3. The smallest absolute Gasteiger partial charge is 0.394 e. The fourth-order valence-electron chi connectivity index (χ4n) is 4.51. The molecule has 2 fully saturated rings. The van der Waals surface area contributed by atoms with Crippen LogP contribution >= 0.6 is 14.5 Å². The third-order valence-electron chi connectivity index (χ3n) is 6.51. The first-order chi connectivity index (χ1) is 19.7. The van der Waals surface area contributed by atoms with Gasteiger partial charge in [-0.15, -0.1) is 0 Å². The monoisotopic (exact) mass is 663 g/mol. The van der Waals surface area contributed by atoms with Crippen LogP contribution in [0, 0.1) is 0 Å². The van der Waals surface area contributed by atoms with Gasteiger partial charge in [-0.25, -0.2) is 23.8 Å². The summed E-state index contributed by atoms with van der Waals surface area (Å²) in [6, 6.07) is 0. The van der Waals surface area contributed by atoms with Gasteiger partial charge in [0.15, 0.2) is 24.0 Å². The Morgan fingerprint density at radius 1 is 1.10 bits per heavy atom. The van der Waals surface area contributed by atoms with E-state index >= 15 is 0 Å². The minimum absolute atomic E-state index is 0.139. The van der Waals surface area contributed by atoms with Crippen LogP contribution in [0.1, 0.15) is 6.23 Å². The number of nitrogen functional groups attached to an aromatic ring is 1. The Hall–Kier alpha value is -1.33. The topological polar surface area (TPSA) is 293 Å². The van der Waals surface area contributed by atoms with Crippen LogP contribution in [-0.2, 0) is 48.7 Å². The maximum absolute atomic E-state index is 12.6. The summed E-state index contributed by atoms with van der Waals surface area (Å²) in [4.78, 5) is 33.0. The van der Waals surface area contributed by atoms with E-state index in [9.17, 15) is 34.8 Å². The van der Waals surface area contributed by atoms with Gasteiger partial charge in [0.2, 0.25) is 0 Å². The Bertz CT molecular complexity index is 1330. The second-order valence-corrected chi connectivity index (χ2v) is 13.5. The van der Waals surface area contributed by atoms with Gasteiger partial charge >= 0.3 is 14.5 Å². The molecule has 0 aromatic carbocycles. The molecule has 5 unspecified atom stereocenters. The number of imidazole rings is 1. The van der Waals surface area contributed by atoms with E-state index in [4.69, 9.17) is 50.6 Å². The van der Waals surface area contributed by atoms with Gasteiger partial charge in [0, 0.05) is 14.2 Å². The van der Waals surface area contributed by atoms with Crippen molar-refractivity contribution in [2.45, 2.75) is 61.3 Å². The molecule has 4 rings (SSSR count). The molecule has 2 aliphatic rings. The molecule has 9 N–H and O–H groups in total. The van der Waals surface area contributed by atoms with Gasteiger partial charge in [0.1, 0.15) is 60.7 Å². The molecule has 42 heavy (non-hydrogen) atoms. The fourth-order valence-corrected chi connectivity index (χ4v) is 7.61. The van der Waals surface area contributed by atoms with E-state index < -0.39 is 89.1 Å². The number of hydrogen-bond acceptors (Lipinski definition) is 18. The number of anilines is 1. The zero-order valence-corrected chi connectivity index (χ0v) is 24.5. The van der Waals surface area contributed by atoms with Crippen LogP contribution in [0.25, 0.3) is 11.2 Å². The van der Waals surface area contributed by atoms with E-state index in [0.717, 1.165) is 0 Å². The number of fused-ring (bicyclic) bond motifs is 1. The first-order valence-corrected chi connectivity index (χ1v) is 16.1. The van der Waals surface area contributed by atoms with E-state index in [1.165, 1.54) is 31.4 Å². The predicted molar refractivity (Wildman–Crippen MR) is 139 cm³/mol. The number of ether oxygens (including phenoxy) is 4. The Kier molecular flexibility index (Phi) is 10.7. The van der Waals surface area contributed by atoms with Crippen LogP contribution < -0.4 is 5.73 Å². The van der Waals surface area contributed by atoms with Crippen molar-refractivity contribution in [1.82, 2.24) is 19.5 Å². The van der Waals surface area contributed by atoms with Crippen molar-refractivity contribution in [2.24, 2.45) is 0 Å². The van der Waals surface area contributed by atoms with Gasteiger partial charge in [-0.05, 0) is 11.8 Å². The molecule has 12 atom stereocenters. The molecular weight excluding hydrogens is 632 g/mol. The van der Waals surface area contributed by atoms with Gasteiger partial charge in [0.05, 0.1) is 19.5 Å². The largest absolute Gasteiger partial charge is 0.481 e. The summed E-state index contributed by atoms with van der Waals surface area (Å²) in [5.41, 5.74) is 6.50. The van der Waals surface area contributed by atoms with E-state index in [-0.39, 0.29) is 5.82 Å². The number of nitrogens with two attached hydrogens (primary N) is 1. The first kappa shape index (κ1) is 33.6. The Morgan fingerprint density at radius 3 is 2.43 bits per heavy atom. The molecule has 0 saturated carbocycles. The van der Waals surface area contributed by atoms with Crippen LogP contribution in [-0.4, -0.2) is 137 Å². The standard InChI is InChI=1S/C19H31N5O15P2S/c1-33-14-8(36-18(15(14)34-2)24-6-23-9-16(20)21-5-22-17(9)24)4-35-41(32,42)39-40(30,31)38-19-12(29)10(27)11(28)13(37-19)7(26)3-25/h5-8,10-15,18-19,25-29H,3-4H2,1-2H3,(H,30,31)(H,32,42)(H2,20,21,22)/t7-,8-,10+,11+,12?,13?,14?,15+,18-,19+,41?/m1/s1. The van der Waals surface area contributed by atoms with E-state index in [2.05, 4.69) is 19.3 Å². The number of aliphatic hydroxyl groups is 5. The van der Waals surface area contributed by atoms with Crippen LogP contribution in [0.5, 0.6) is 0 Å². The lowest BCUT2D eigenvalue weighted by Gasteiger charge is -2.41. The Morgan fingerprint density at radius 2 is 1.79 bits per heavy atom. The third kappa shape index (κ3) is 6.98. The number of phosphoric acid groups is 1. The molecule has 0 aliphatic carbocycles. The number of rotatable bonds is 12. The van der Waals surface area contributed by atoms with Gasteiger partial charge < -0.3 is 64.5 Å². The first-order valence-electron chi connectivity index (χ1n) is 12.1. The highest BCUT2D eigenvalue weighted by atomic mass is 32.5. The Labute approximate surface area is 242 Å². The molecule has 238 valence electrons. The Balaban J connectivity index is 1.43. The number of aromatic nitrogens is 4. The van der Waals surface area contributed by atoms with Crippen molar-refractivity contribution in [2.75, 3.05) is 33.2 Å². The minimum atomic E-state index is -5.40. The molecule has 23 heteroatoms. The average molecular weight is 663 g/mol. The highest BCUT2D eigenvalue weighted by molar-refractivity contribution is 8.08. The summed E-state index contributed by atoms with van der Waals surface area (Å²) in [6.07, 6.45) is -12.5. The lowest BCUT2D eigenvalue weighted by atomic mass is 9.96. The molecule has 4 heterocycles. The summed E-state index contributed by atoms with van der Waals surface area (Å²) in [5.74, 6) is 0.139. The van der Waals surface area contributed by atoms with Crippen molar-refractivity contribution in [3.63, 3.8) is 0 Å². The van der Waals surface area contributed by atoms with Crippen LogP contribution in [0.4, 0.5) is 5.82 Å². The lowest BCUT2D eigenvalue weighted by Crippen LogP contribution is -2.61. The highest BCUT2D eigenvalue weighted by Crippen LogP contribution is 2.61. The molecule has 2 aromatic heterocycles. The van der Waals surface area contributed by atoms with Crippen LogP contribution in [0.2, 0.25) is 0 Å². The predicted octanol–water partition coefficient (Wildman–Crippen LogP) is -3.14. The quantitative estimate of drug-likeness (QED) is 0.104. The number of phosphoric ester groups is 1. The molecule has 0 amide bonds. The maximum Gasteiger partial charge on any atom is 0.481 e. The second-order valence-electron chi connectivity index (χ2n) is 9.16. The summed E-state index contributed by atoms with van der Waals surface area (Å²) in [7, 11) is -2.64. The van der Waals surface area contributed by atoms with E-state index in [1.54, 1.807) is 0 Å². The number of hydrogen-bond donors (Lipinski definition) is 8. The lowest BCUT2D eigenvalue weighted by molar-refractivity contribution is -0.292. The summed E-state index contributed by atoms with van der Waals surface area (Å²) >= 11 is 4.84. The van der Waals surface area contributed by atoms with Crippen molar-refractivity contribution in [3.8, 4) is 0 Å². The third-order valence-corrected chi connectivity index (χ3v) is 10.0. The summed E-state index contributed by atoms with van der Waals surface area (Å²) < 4.78 is 50.9. The molecule has 2 aliphatic heterocycles. The highest BCUT2D eigenvalue weighted by Gasteiger charge is 2.51. The summed E-state index contributed by atoms with van der Waals surface area (Å²) in [6.45, 7) is -6.05. The molecule has 0 spiro atoms. The number of methoxy groups -OCH3 is 2. The molecule has 2 saturated heterocycles. The van der Waals surface area contributed by atoms with Gasteiger partial charge in [-0.2, -0.15) is 0 Å². The van der Waals surface area contributed by atoms with Crippen molar-refractivity contribution in [3.05, 3.63) is 12.7 Å². The summed E-state index contributed by atoms with van der Waals surface area (Å²) in [5, 5.41) is 49.0. The molecule has 0 bridgehead atoms. The van der Waals surface area contributed by atoms with E-state index in [0.29, 0.717) is 11.2 Å². The SMILES string of the molecule is COC1[C@@H](COP(O)(=S)OP(=O)(O)O[C@@H]2OC([C@H](O)CO)[C@@H](O)[C@H](O)C2O)O[C@@H](n2cnc3c(N)ncnc32)[C@H]1OC. The normalized spacial score (nSPS) is 35.6. The number of nitrogens with zero attached hydrogens (tertiary/aromatic N) is 4. The van der Waals surface area contributed by atoms with Crippen LogP contribution in [0.3, 0.4) is 0 Å². The average Bonchev–Trinajstić information content (AvgIpc) is 3.52. The molecule has 0 radical (unpaired) electrons. The van der Waals surface area contributed by atoms with Crippen molar-refractivity contribution >= 4 is 43.3 Å². The van der Waals surface area contributed by atoms with Crippen molar-refractivity contribution < 1.29 is 72.2 Å².